The lowest BCUT2D eigenvalue weighted by Gasteiger charge is -2.26. The van der Waals surface area contributed by atoms with Gasteiger partial charge in [-0.25, -0.2) is 4.68 Å². The summed E-state index contributed by atoms with van der Waals surface area (Å²) in [5, 5.41) is 4.76. The first-order valence-corrected chi connectivity index (χ1v) is 8.30. The van der Waals surface area contributed by atoms with Gasteiger partial charge in [-0.2, -0.15) is 5.10 Å². The zero-order chi connectivity index (χ0) is 16.1. The molecule has 1 aromatic heterocycles. The summed E-state index contributed by atoms with van der Waals surface area (Å²) in [5.74, 6) is 0.981. The lowest BCUT2D eigenvalue weighted by atomic mass is 10.1. The molecule has 3 rings (SSSR count). The zero-order valence-electron chi connectivity index (χ0n) is 13.2. The van der Waals surface area contributed by atoms with Crippen LogP contribution in [0.5, 0.6) is 0 Å². The van der Waals surface area contributed by atoms with Gasteiger partial charge in [0.2, 0.25) is 0 Å². The zero-order valence-corrected chi connectivity index (χ0v) is 14.0. The Balaban J connectivity index is 1.84. The molecule has 2 aromatic rings. The minimum atomic E-state index is 0.685. The molecule has 0 amide bonds. The van der Waals surface area contributed by atoms with Crippen molar-refractivity contribution >= 4 is 12.2 Å². The second-order valence-electron chi connectivity index (χ2n) is 5.63. The van der Waals surface area contributed by atoms with Gasteiger partial charge in [-0.15, -0.1) is 6.58 Å². The molecular weight excluding hydrogens is 308 g/mol. The molecule has 0 N–H and O–H groups in total. The maximum Gasteiger partial charge on any atom is 0.199 e. The number of hydrogen-bond acceptors (Lipinski definition) is 4. The summed E-state index contributed by atoms with van der Waals surface area (Å²) >= 11 is 5.62. The van der Waals surface area contributed by atoms with Gasteiger partial charge in [0.1, 0.15) is 5.82 Å². The summed E-state index contributed by atoms with van der Waals surface area (Å²) in [6, 6.07) is 10.3. The van der Waals surface area contributed by atoms with Crippen LogP contribution < -0.4 is 0 Å². The molecule has 6 heteroatoms. The molecule has 2 heterocycles. The Morgan fingerprint density at radius 2 is 1.96 bits per heavy atom. The van der Waals surface area contributed by atoms with E-state index in [2.05, 4.69) is 28.2 Å². The smallest absolute Gasteiger partial charge is 0.199 e. The lowest BCUT2D eigenvalue weighted by molar-refractivity contribution is 0.0209. The van der Waals surface area contributed by atoms with Gasteiger partial charge in [0.05, 0.1) is 19.9 Å². The van der Waals surface area contributed by atoms with Crippen LogP contribution in [0.4, 0.5) is 0 Å². The molecule has 0 spiro atoms. The number of ether oxygens (including phenoxy) is 1. The summed E-state index contributed by atoms with van der Waals surface area (Å²) in [6.45, 7) is 8.63. The monoisotopic (exact) mass is 330 g/mol. The molecule has 122 valence electrons. The third-order valence-corrected chi connectivity index (χ3v) is 4.38. The molecule has 0 radical (unpaired) electrons. The van der Waals surface area contributed by atoms with Crippen LogP contribution in [-0.4, -0.2) is 45.6 Å². The fourth-order valence-electron chi connectivity index (χ4n) is 2.73. The molecule has 1 fully saturated rings. The predicted molar refractivity (Wildman–Crippen MR) is 92.9 cm³/mol. The summed E-state index contributed by atoms with van der Waals surface area (Å²) in [5.41, 5.74) is 1.23. The van der Waals surface area contributed by atoms with Gasteiger partial charge in [0.25, 0.3) is 0 Å². The van der Waals surface area contributed by atoms with Gasteiger partial charge in [0, 0.05) is 26.1 Å². The van der Waals surface area contributed by atoms with Crippen molar-refractivity contribution in [2.45, 2.75) is 19.6 Å². The number of benzene rings is 1. The first-order valence-electron chi connectivity index (χ1n) is 7.89. The summed E-state index contributed by atoms with van der Waals surface area (Å²) < 4.78 is 10.1. The second kappa shape index (κ2) is 7.68. The van der Waals surface area contributed by atoms with Crippen LogP contribution >= 0.6 is 12.2 Å². The maximum atomic E-state index is 5.62. The number of aromatic nitrogens is 3. The van der Waals surface area contributed by atoms with Crippen LogP contribution in [0.2, 0.25) is 0 Å². The second-order valence-corrected chi connectivity index (χ2v) is 6.00. The quantitative estimate of drug-likeness (QED) is 0.602. The van der Waals surface area contributed by atoms with Crippen molar-refractivity contribution in [2.75, 3.05) is 26.3 Å². The van der Waals surface area contributed by atoms with E-state index in [4.69, 9.17) is 22.1 Å². The Morgan fingerprint density at radius 3 is 2.65 bits per heavy atom. The molecule has 23 heavy (non-hydrogen) atoms. The summed E-state index contributed by atoms with van der Waals surface area (Å²) in [4.78, 5) is 2.32. The van der Waals surface area contributed by atoms with E-state index in [-0.39, 0.29) is 0 Å². The van der Waals surface area contributed by atoms with Crippen LogP contribution in [0, 0.1) is 4.77 Å². The lowest BCUT2D eigenvalue weighted by Crippen LogP contribution is -2.37. The van der Waals surface area contributed by atoms with Crippen molar-refractivity contribution in [1.29, 1.82) is 0 Å². The Morgan fingerprint density at radius 1 is 1.22 bits per heavy atom. The first kappa shape index (κ1) is 16.1. The van der Waals surface area contributed by atoms with Gasteiger partial charge in [-0.05, 0) is 17.8 Å². The predicted octanol–water partition coefficient (Wildman–Crippen LogP) is 2.48. The van der Waals surface area contributed by atoms with E-state index >= 15 is 0 Å². The van der Waals surface area contributed by atoms with E-state index in [1.165, 1.54) is 5.56 Å². The molecule has 1 saturated heterocycles. The molecule has 1 aliphatic rings. The van der Waals surface area contributed by atoms with Crippen molar-refractivity contribution in [2.24, 2.45) is 0 Å². The van der Waals surface area contributed by atoms with Crippen LogP contribution in [0.3, 0.4) is 0 Å². The molecule has 0 saturated carbocycles. The normalized spacial score (nSPS) is 15.7. The van der Waals surface area contributed by atoms with E-state index in [1.807, 2.05) is 29.0 Å². The van der Waals surface area contributed by atoms with E-state index in [1.54, 1.807) is 0 Å². The molecule has 0 bridgehead atoms. The number of rotatable bonds is 6. The fraction of sp³-hybridized carbons (Fsp3) is 0.412. The highest BCUT2D eigenvalue weighted by molar-refractivity contribution is 7.71. The molecular formula is C17H22N4OS. The van der Waals surface area contributed by atoms with Crippen LogP contribution in [0.1, 0.15) is 11.4 Å². The van der Waals surface area contributed by atoms with Crippen molar-refractivity contribution in [3.05, 3.63) is 59.1 Å². The van der Waals surface area contributed by atoms with Crippen molar-refractivity contribution < 1.29 is 4.74 Å². The Labute approximate surface area is 141 Å². The van der Waals surface area contributed by atoms with E-state index < -0.39 is 0 Å². The number of morpholine rings is 1. The number of nitrogens with zero attached hydrogens (tertiary/aromatic N) is 4. The Kier molecular flexibility index (Phi) is 5.38. The van der Waals surface area contributed by atoms with Crippen LogP contribution in [0.25, 0.3) is 0 Å². The van der Waals surface area contributed by atoms with E-state index in [9.17, 15) is 0 Å². The van der Waals surface area contributed by atoms with Crippen molar-refractivity contribution in [1.82, 2.24) is 19.2 Å². The topological polar surface area (TPSA) is 35.2 Å². The average Bonchev–Trinajstić information content (AvgIpc) is 2.86. The first-order chi connectivity index (χ1) is 11.3. The van der Waals surface area contributed by atoms with Gasteiger partial charge in [0.15, 0.2) is 4.77 Å². The van der Waals surface area contributed by atoms with Gasteiger partial charge in [-0.1, -0.05) is 36.4 Å². The maximum absolute atomic E-state index is 5.62. The number of hydrogen-bond donors (Lipinski definition) is 0. The molecule has 0 unspecified atom stereocenters. The standard InChI is InChI=1S/C17H22N4OS/c1-2-8-20-16(13-15-6-4-3-5-7-15)18-21(17(20)23)14-19-9-11-22-12-10-19/h2-7H,1,8-14H2. The fourth-order valence-corrected chi connectivity index (χ4v) is 3.01. The molecule has 0 atom stereocenters. The molecule has 0 aliphatic carbocycles. The summed E-state index contributed by atoms with van der Waals surface area (Å²) in [7, 11) is 0. The SMILES string of the molecule is C=CCn1c(Cc2ccccc2)nn(CN2CCOCC2)c1=S. The van der Waals surface area contributed by atoms with Crippen molar-refractivity contribution in [3.63, 3.8) is 0 Å². The minimum Gasteiger partial charge on any atom is -0.379 e. The molecule has 1 aliphatic heterocycles. The highest BCUT2D eigenvalue weighted by Gasteiger charge is 2.15. The van der Waals surface area contributed by atoms with E-state index in [0.717, 1.165) is 43.3 Å². The number of allylic oxidation sites excluding steroid dienone is 1. The minimum absolute atomic E-state index is 0.685. The average molecular weight is 330 g/mol. The Bertz CT molecular complexity index is 701. The summed E-state index contributed by atoms with van der Waals surface area (Å²) in [6.07, 6.45) is 2.64. The molecule has 1 aromatic carbocycles. The van der Waals surface area contributed by atoms with Gasteiger partial charge in [-0.3, -0.25) is 9.47 Å². The van der Waals surface area contributed by atoms with Gasteiger partial charge >= 0.3 is 0 Å². The van der Waals surface area contributed by atoms with Gasteiger partial charge < -0.3 is 4.74 Å². The Hall–Kier alpha value is -1.76. The highest BCUT2D eigenvalue weighted by Crippen LogP contribution is 2.11. The largest absolute Gasteiger partial charge is 0.379 e. The highest BCUT2D eigenvalue weighted by atomic mass is 32.1. The van der Waals surface area contributed by atoms with Crippen LogP contribution in [-0.2, 0) is 24.4 Å². The third kappa shape index (κ3) is 3.96. The third-order valence-electron chi connectivity index (χ3n) is 3.95. The van der Waals surface area contributed by atoms with Crippen LogP contribution in [0.15, 0.2) is 43.0 Å². The van der Waals surface area contributed by atoms with E-state index in [0.29, 0.717) is 13.2 Å². The molecule has 5 nitrogen and oxygen atoms in total. The van der Waals surface area contributed by atoms with Crippen molar-refractivity contribution in [3.8, 4) is 0 Å².